The number of aryl methyl sites for hydroxylation is 1. The van der Waals surface area contributed by atoms with Gasteiger partial charge in [0, 0.05) is 17.1 Å². The lowest BCUT2D eigenvalue weighted by Gasteiger charge is -2.24. The van der Waals surface area contributed by atoms with Crippen LogP contribution in [-0.2, 0) is 10.5 Å². The van der Waals surface area contributed by atoms with Gasteiger partial charge in [-0.05, 0) is 49.2 Å². The Labute approximate surface area is 204 Å². The average Bonchev–Trinajstić information content (AvgIpc) is 3.36. The zero-order valence-electron chi connectivity index (χ0n) is 18.4. The molecule has 2 aromatic carbocycles. The smallest absolute Gasteiger partial charge is 0.283 e. The number of amidine groups is 3. The molecule has 1 amide bonds. The first kappa shape index (κ1) is 22.4. The molecule has 3 aromatic rings. The van der Waals surface area contributed by atoms with Crippen molar-refractivity contribution in [3.63, 3.8) is 0 Å². The molecule has 0 atom stereocenters. The standard InChI is InChI=1S/C25H20FN5OS2/c1-15-12-18(16(2)30(15)21-11-7-6-10-20(21)26)13-19-22(27)31-24(28-23(19)32)34-29-25(31)33-14-17-8-4-3-5-9-17/h3-13,27H,14H2,1-2H3/b19-13+,27-22?. The molecule has 0 fully saturated rings. The number of rotatable bonds is 4. The van der Waals surface area contributed by atoms with Gasteiger partial charge in [0.05, 0.1) is 23.2 Å². The second-order valence-electron chi connectivity index (χ2n) is 7.79. The van der Waals surface area contributed by atoms with Crippen molar-refractivity contribution in [1.29, 1.82) is 5.41 Å². The van der Waals surface area contributed by atoms with Gasteiger partial charge in [0.2, 0.25) is 5.17 Å². The van der Waals surface area contributed by atoms with E-state index in [0.717, 1.165) is 34.5 Å². The molecular weight excluding hydrogens is 469 g/mol. The highest BCUT2D eigenvalue weighted by Gasteiger charge is 2.37. The molecule has 5 rings (SSSR count). The molecule has 1 aromatic heterocycles. The van der Waals surface area contributed by atoms with Crippen LogP contribution in [0.4, 0.5) is 4.39 Å². The minimum Gasteiger partial charge on any atom is -0.315 e. The van der Waals surface area contributed by atoms with Crippen LogP contribution in [0.2, 0.25) is 0 Å². The molecule has 6 nitrogen and oxygen atoms in total. The van der Waals surface area contributed by atoms with Crippen molar-refractivity contribution in [2.24, 2.45) is 9.39 Å². The van der Waals surface area contributed by atoms with E-state index in [9.17, 15) is 9.18 Å². The van der Waals surface area contributed by atoms with E-state index < -0.39 is 5.91 Å². The van der Waals surface area contributed by atoms with E-state index in [1.807, 2.05) is 54.8 Å². The number of aromatic nitrogens is 1. The third-order valence-corrected chi connectivity index (χ3v) is 7.40. The molecule has 2 aliphatic rings. The topological polar surface area (TPSA) is 73.8 Å². The number of nitrogens with one attached hydrogen (secondary N) is 1. The second kappa shape index (κ2) is 9.08. The van der Waals surface area contributed by atoms with Gasteiger partial charge in [0.1, 0.15) is 11.7 Å². The molecule has 34 heavy (non-hydrogen) atoms. The van der Waals surface area contributed by atoms with Gasteiger partial charge in [0.25, 0.3) is 5.91 Å². The van der Waals surface area contributed by atoms with E-state index in [4.69, 9.17) is 5.41 Å². The zero-order chi connectivity index (χ0) is 23.8. The fraction of sp³-hybridized carbons (Fsp3) is 0.120. The van der Waals surface area contributed by atoms with Gasteiger partial charge in [-0.1, -0.05) is 54.2 Å². The minimum absolute atomic E-state index is 0.0370. The van der Waals surface area contributed by atoms with Crippen molar-refractivity contribution in [3.05, 3.63) is 94.6 Å². The summed E-state index contributed by atoms with van der Waals surface area (Å²) in [6.45, 7) is 3.75. The first-order chi connectivity index (χ1) is 16.4. The Morgan fingerprint density at radius 1 is 1.12 bits per heavy atom. The van der Waals surface area contributed by atoms with Crippen LogP contribution >= 0.6 is 23.7 Å². The fourth-order valence-corrected chi connectivity index (χ4v) is 5.71. The predicted octanol–water partition coefficient (Wildman–Crippen LogP) is 5.74. The van der Waals surface area contributed by atoms with Crippen LogP contribution in [0.25, 0.3) is 11.8 Å². The highest BCUT2D eigenvalue weighted by Crippen LogP contribution is 2.33. The summed E-state index contributed by atoms with van der Waals surface area (Å²) in [4.78, 5) is 18.6. The van der Waals surface area contributed by atoms with Crippen LogP contribution in [-0.4, -0.2) is 31.5 Å². The number of nitrogens with zero attached hydrogens (tertiary/aromatic N) is 4. The van der Waals surface area contributed by atoms with Gasteiger partial charge in [-0.2, -0.15) is 9.39 Å². The number of carbonyl (C=O) groups excluding carboxylic acids is 1. The van der Waals surface area contributed by atoms with Crippen molar-refractivity contribution in [3.8, 4) is 5.69 Å². The number of carbonyl (C=O) groups is 1. The number of aliphatic imine (C=N–C) groups is 1. The van der Waals surface area contributed by atoms with Crippen molar-refractivity contribution in [2.45, 2.75) is 19.6 Å². The van der Waals surface area contributed by atoms with Gasteiger partial charge in [-0.3, -0.25) is 10.2 Å². The van der Waals surface area contributed by atoms with Crippen LogP contribution in [0.5, 0.6) is 0 Å². The summed E-state index contributed by atoms with van der Waals surface area (Å²) in [5, 5.41) is 9.78. The summed E-state index contributed by atoms with van der Waals surface area (Å²) >= 11 is 2.60. The number of benzene rings is 2. The quantitative estimate of drug-likeness (QED) is 0.374. The fourth-order valence-electron chi connectivity index (χ4n) is 3.91. The van der Waals surface area contributed by atoms with Gasteiger partial charge in [-0.25, -0.2) is 9.29 Å². The Morgan fingerprint density at radius 2 is 1.85 bits per heavy atom. The van der Waals surface area contributed by atoms with Gasteiger partial charge in [-0.15, -0.1) is 0 Å². The van der Waals surface area contributed by atoms with Crippen molar-refractivity contribution >= 4 is 51.9 Å². The lowest BCUT2D eigenvalue weighted by atomic mass is 10.1. The number of fused-ring (bicyclic) bond motifs is 1. The molecule has 2 aliphatic heterocycles. The molecule has 0 radical (unpaired) electrons. The van der Waals surface area contributed by atoms with Gasteiger partial charge in [0.15, 0.2) is 5.17 Å². The van der Waals surface area contributed by atoms with Crippen molar-refractivity contribution in [1.82, 2.24) is 9.47 Å². The Morgan fingerprint density at radius 3 is 2.62 bits per heavy atom. The lowest BCUT2D eigenvalue weighted by Crippen LogP contribution is -2.41. The van der Waals surface area contributed by atoms with E-state index in [-0.39, 0.29) is 17.2 Å². The monoisotopic (exact) mass is 489 g/mol. The van der Waals surface area contributed by atoms with Crippen LogP contribution in [0.3, 0.4) is 0 Å². The molecule has 170 valence electrons. The zero-order valence-corrected chi connectivity index (χ0v) is 20.1. The molecule has 0 saturated carbocycles. The number of para-hydroxylation sites is 1. The maximum absolute atomic E-state index is 14.4. The first-order valence-corrected chi connectivity index (χ1v) is 12.3. The van der Waals surface area contributed by atoms with E-state index in [1.165, 1.54) is 17.8 Å². The molecule has 3 heterocycles. The third-order valence-electron chi connectivity index (χ3n) is 5.57. The molecule has 0 unspecified atom stereocenters. The molecule has 9 heteroatoms. The molecule has 0 bridgehead atoms. The van der Waals surface area contributed by atoms with Gasteiger partial charge < -0.3 is 4.57 Å². The second-order valence-corrected chi connectivity index (χ2v) is 9.47. The SMILES string of the molecule is Cc1cc(/C=C2\C(=N)N3C(SCc4ccccc4)=NSC3=NC2=O)c(C)n1-c1ccccc1F. The highest BCUT2D eigenvalue weighted by molar-refractivity contribution is 8.18. The Balaban J connectivity index is 1.45. The average molecular weight is 490 g/mol. The maximum atomic E-state index is 14.4. The predicted molar refractivity (Wildman–Crippen MR) is 138 cm³/mol. The third kappa shape index (κ3) is 4.01. The number of hydrogen-bond acceptors (Lipinski definition) is 5. The summed E-state index contributed by atoms with van der Waals surface area (Å²) in [6.07, 6.45) is 1.66. The van der Waals surface area contributed by atoms with E-state index in [2.05, 4.69) is 9.39 Å². The summed E-state index contributed by atoms with van der Waals surface area (Å²) in [7, 11) is 0. The van der Waals surface area contributed by atoms with E-state index in [1.54, 1.807) is 29.2 Å². The van der Waals surface area contributed by atoms with Crippen LogP contribution in [0.15, 0.2) is 75.6 Å². The highest BCUT2D eigenvalue weighted by atomic mass is 32.2. The summed E-state index contributed by atoms with van der Waals surface area (Å²) < 4.78 is 20.7. The summed E-state index contributed by atoms with van der Waals surface area (Å²) in [5.41, 5.74) is 4.08. The number of amides is 1. The first-order valence-electron chi connectivity index (χ1n) is 10.5. The number of thioether (sulfide) groups is 1. The number of halogens is 1. The molecule has 1 N–H and O–H groups in total. The van der Waals surface area contributed by atoms with Crippen LogP contribution in [0, 0.1) is 25.1 Å². The molecule has 0 saturated heterocycles. The van der Waals surface area contributed by atoms with Crippen LogP contribution < -0.4 is 0 Å². The normalized spacial score (nSPS) is 16.7. The minimum atomic E-state index is -0.482. The van der Waals surface area contributed by atoms with E-state index >= 15 is 0 Å². The van der Waals surface area contributed by atoms with Crippen molar-refractivity contribution in [2.75, 3.05) is 0 Å². The van der Waals surface area contributed by atoms with Crippen LogP contribution in [0.1, 0.15) is 22.5 Å². The van der Waals surface area contributed by atoms with Gasteiger partial charge >= 0.3 is 0 Å². The summed E-state index contributed by atoms with van der Waals surface area (Å²) in [5.74, 6) is -0.0859. The Hall–Kier alpha value is -3.43. The van der Waals surface area contributed by atoms with Crippen molar-refractivity contribution < 1.29 is 9.18 Å². The lowest BCUT2D eigenvalue weighted by molar-refractivity contribution is -0.114. The maximum Gasteiger partial charge on any atom is 0.283 e. The molecule has 0 aliphatic carbocycles. The Kier molecular flexibility index (Phi) is 5.97. The molecule has 0 spiro atoms. The number of hydrogen-bond donors (Lipinski definition) is 1. The van der Waals surface area contributed by atoms with E-state index in [0.29, 0.717) is 21.8 Å². The molecular formula is C25H20FN5OS2. The Bertz CT molecular complexity index is 1410. The largest absolute Gasteiger partial charge is 0.315 e. The summed E-state index contributed by atoms with van der Waals surface area (Å²) in [6, 6.07) is 18.4.